The molecular formula is C12H19N5. The maximum Gasteiger partial charge on any atom is 0.234 e. The Morgan fingerprint density at radius 2 is 2.12 bits per heavy atom. The molecule has 1 heterocycles. The van der Waals surface area contributed by atoms with Crippen LogP contribution >= 0.6 is 0 Å². The summed E-state index contributed by atoms with van der Waals surface area (Å²) >= 11 is 0. The third-order valence-corrected chi connectivity index (χ3v) is 2.24. The number of hydrogen-bond donors (Lipinski definition) is 1. The van der Waals surface area contributed by atoms with E-state index in [-0.39, 0.29) is 11.2 Å². The SMILES string of the molecule is CCN(CC(C)(C)C)c1nc(C#N)ncc1N. The van der Waals surface area contributed by atoms with E-state index in [9.17, 15) is 0 Å². The molecule has 1 aromatic rings. The lowest BCUT2D eigenvalue weighted by Crippen LogP contribution is -2.33. The van der Waals surface area contributed by atoms with E-state index in [2.05, 4.69) is 35.6 Å². The summed E-state index contributed by atoms with van der Waals surface area (Å²) in [4.78, 5) is 10.1. The number of hydrogen-bond acceptors (Lipinski definition) is 5. The van der Waals surface area contributed by atoms with Crippen molar-refractivity contribution in [2.75, 3.05) is 23.7 Å². The van der Waals surface area contributed by atoms with Crippen LogP contribution in [0.25, 0.3) is 0 Å². The smallest absolute Gasteiger partial charge is 0.234 e. The Labute approximate surface area is 102 Å². The van der Waals surface area contributed by atoms with Gasteiger partial charge in [0.2, 0.25) is 5.82 Å². The molecule has 17 heavy (non-hydrogen) atoms. The first-order valence-electron chi connectivity index (χ1n) is 5.65. The predicted molar refractivity (Wildman–Crippen MR) is 68.5 cm³/mol. The van der Waals surface area contributed by atoms with Gasteiger partial charge in [-0.25, -0.2) is 4.98 Å². The second-order valence-electron chi connectivity index (χ2n) is 5.16. The molecule has 0 radical (unpaired) electrons. The standard InChI is InChI=1S/C12H19N5/c1-5-17(8-12(2,3)4)11-9(14)7-15-10(6-13)16-11/h7H,5,8,14H2,1-4H3. The van der Waals surface area contributed by atoms with Crippen molar-refractivity contribution in [3.63, 3.8) is 0 Å². The van der Waals surface area contributed by atoms with Gasteiger partial charge in [0.1, 0.15) is 6.07 Å². The average Bonchev–Trinajstić information content (AvgIpc) is 2.25. The maximum absolute atomic E-state index is 8.81. The molecule has 1 rings (SSSR count). The van der Waals surface area contributed by atoms with Crippen LogP contribution in [0.4, 0.5) is 11.5 Å². The summed E-state index contributed by atoms with van der Waals surface area (Å²) in [5.41, 5.74) is 6.51. The van der Waals surface area contributed by atoms with Gasteiger partial charge in [-0.3, -0.25) is 0 Å². The number of nitrogens with zero attached hydrogens (tertiary/aromatic N) is 4. The Morgan fingerprint density at radius 3 is 2.59 bits per heavy atom. The fourth-order valence-electron chi connectivity index (χ4n) is 1.60. The molecule has 92 valence electrons. The van der Waals surface area contributed by atoms with E-state index >= 15 is 0 Å². The summed E-state index contributed by atoms with van der Waals surface area (Å²) in [6.45, 7) is 10.1. The Bertz CT molecular complexity index is 428. The van der Waals surface area contributed by atoms with Crippen molar-refractivity contribution in [3.05, 3.63) is 12.0 Å². The minimum absolute atomic E-state index is 0.139. The molecule has 0 atom stereocenters. The summed E-state index contributed by atoms with van der Waals surface area (Å²) in [5, 5.41) is 8.81. The number of rotatable bonds is 3. The van der Waals surface area contributed by atoms with Gasteiger partial charge in [-0.1, -0.05) is 20.8 Å². The van der Waals surface area contributed by atoms with Crippen LogP contribution in [-0.4, -0.2) is 23.1 Å². The lowest BCUT2D eigenvalue weighted by molar-refractivity contribution is 0.411. The topological polar surface area (TPSA) is 78.8 Å². The predicted octanol–water partition coefficient (Wildman–Crippen LogP) is 1.80. The Balaban J connectivity index is 3.07. The summed E-state index contributed by atoms with van der Waals surface area (Å²) in [5.74, 6) is 0.801. The van der Waals surface area contributed by atoms with E-state index in [0.29, 0.717) is 11.5 Å². The first-order chi connectivity index (χ1) is 7.87. The van der Waals surface area contributed by atoms with Crippen LogP contribution in [0.5, 0.6) is 0 Å². The van der Waals surface area contributed by atoms with Crippen molar-refractivity contribution >= 4 is 11.5 Å². The zero-order valence-corrected chi connectivity index (χ0v) is 10.9. The van der Waals surface area contributed by atoms with Crippen molar-refractivity contribution in [1.29, 1.82) is 5.26 Å². The van der Waals surface area contributed by atoms with Crippen LogP contribution < -0.4 is 10.6 Å². The van der Waals surface area contributed by atoms with Crippen molar-refractivity contribution in [1.82, 2.24) is 9.97 Å². The highest BCUT2D eigenvalue weighted by atomic mass is 15.2. The van der Waals surface area contributed by atoms with Crippen LogP contribution in [0.2, 0.25) is 0 Å². The molecule has 0 aromatic carbocycles. The highest BCUT2D eigenvalue weighted by Crippen LogP contribution is 2.24. The van der Waals surface area contributed by atoms with Crippen LogP contribution in [0, 0.1) is 16.7 Å². The van der Waals surface area contributed by atoms with E-state index in [4.69, 9.17) is 11.0 Å². The van der Waals surface area contributed by atoms with E-state index < -0.39 is 0 Å². The molecule has 0 fully saturated rings. The van der Waals surface area contributed by atoms with Crippen LogP contribution in [0.1, 0.15) is 33.5 Å². The monoisotopic (exact) mass is 233 g/mol. The third-order valence-electron chi connectivity index (χ3n) is 2.24. The van der Waals surface area contributed by atoms with Gasteiger partial charge >= 0.3 is 0 Å². The normalized spacial score (nSPS) is 11.0. The molecule has 0 saturated carbocycles. The second kappa shape index (κ2) is 5.00. The number of aromatic nitrogens is 2. The van der Waals surface area contributed by atoms with Gasteiger partial charge in [-0.05, 0) is 12.3 Å². The van der Waals surface area contributed by atoms with Gasteiger partial charge in [0.25, 0.3) is 0 Å². The first-order valence-corrected chi connectivity index (χ1v) is 5.65. The quantitative estimate of drug-likeness (QED) is 0.861. The van der Waals surface area contributed by atoms with Gasteiger partial charge in [0.15, 0.2) is 5.82 Å². The molecule has 0 amide bonds. The van der Waals surface area contributed by atoms with Gasteiger partial charge in [0.05, 0.1) is 11.9 Å². The van der Waals surface area contributed by atoms with Crippen LogP contribution in [-0.2, 0) is 0 Å². The van der Waals surface area contributed by atoms with Gasteiger partial charge < -0.3 is 10.6 Å². The van der Waals surface area contributed by atoms with E-state index in [1.807, 2.05) is 13.0 Å². The molecule has 0 aliphatic rings. The van der Waals surface area contributed by atoms with Crippen molar-refractivity contribution < 1.29 is 0 Å². The maximum atomic E-state index is 8.81. The third kappa shape index (κ3) is 3.59. The van der Waals surface area contributed by atoms with E-state index in [1.165, 1.54) is 6.20 Å². The van der Waals surface area contributed by atoms with Gasteiger partial charge in [-0.2, -0.15) is 10.2 Å². The van der Waals surface area contributed by atoms with Crippen molar-refractivity contribution in [2.24, 2.45) is 5.41 Å². The summed E-state index contributed by atoms with van der Waals surface area (Å²) < 4.78 is 0. The van der Waals surface area contributed by atoms with Gasteiger partial charge in [0, 0.05) is 13.1 Å². The number of nitrogen functional groups attached to an aromatic ring is 1. The summed E-state index contributed by atoms with van der Waals surface area (Å²) in [6.07, 6.45) is 1.49. The molecule has 1 aromatic heterocycles. The zero-order chi connectivity index (χ0) is 13.1. The molecule has 0 aliphatic carbocycles. The largest absolute Gasteiger partial charge is 0.394 e. The Kier molecular flexibility index (Phi) is 3.89. The first kappa shape index (κ1) is 13.2. The average molecular weight is 233 g/mol. The molecular weight excluding hydrogens is 214 g/mol. The van der Waals surface area contributed by atoms with Gasteiger partial charge in [-0.15, -0.1) is 0 Å². The van der Waals surface area contributed by atoms with E-state index in [0.717, 1.165) is 13.1 Å². The minimum Gasteiger partial charge on any atom is -0.394 e. The van der Waals surface area contributed by atoms with Crippen LogP contribution in [0.3, 0.4) is 0 Å². The molecule has 0 aliphatic heterocycles. The Morgan fingerprint density at radius 1 is 1.47 bits per heavy atom. The molecule has 0 unspecified atom stereocenters. The molecule has 2 N–H and O–H groups in total. The summed E-state index contributed by atoms with van der Waals surface area (Å²) in [7, 11) is 0. The zero-order valence-electron chi connectivity index (χ0n) is 10.9. The highest BCUT2D eigenvalue weighted by molar-refractivity contribution is 5.61. The second-order valence-corrected chi connectivity index (χ2v) is 5.16. The van der Waals surface area contributed by atoms with Crippen LogP contribution in [0.15, 0.2) is 6.20 Å². The molecule has 0 spiro atoms. The molecule has 5 heteroatoms. The molecule has 5 nitrogen and oxygen atoms in total. The number of nitrogens with two attached hydrogens (primary N) is 1. The van der Waals surface area contributed by atoms with Crippen molar-refractivity contribution in [3.8, 4) is 6.07 Å². The number of anilines is 2. The van der Waals surface area contributed by atoms with E-state index in [1.54, 1.807) is 0 Å². The molecule has 0 bridgehead atoms. The lowest BCUT2D eigenvalue weighted by atomic mass is 9.96. The Hall–Kier alpha value is -1.83. The highest BCUT2D eigenvalue weighted by Gasteiger charge is 2.19. The minimum atomic E-state index is 0.139. The fraction of sp³-hybridized carbons (Fsp3) is 0.583. The fourth-order valence-corrected chi connectivity index (χ4v) is 1.60. The molecule has 0 saturated heterocycles. The lowest BCUT2D eigenvalue weighted by Gasteiger charge is -2.30. The number of nitriles is 1. The summed E-state index contributed by atoms with van der Waals surface area (Å²) in [6, 6.07) is 1.93. The van der Waals surface area contributed by atoms with Crippen molar-refractivity contribution in [2.45, 2.75) is 27.7 Å².